The van der Waals surface area contributed by atoms with Crippen LogP contribution in [0.15, 0.2) is 18.5 Å². The minimum absolute atomic E-state index is 0.366. The van der Waals surface area contributed by atoms with Gasteiger partial charge in [0.25, 0.3) is 0 Å². The smallest absolute Gasteiger partial charge is 0.330 e. The Balaban J connectivity index is 2.49. The summed E-state index contributed by atoms with van der Waals surface area (Å²) < 4.78 is 4.77. The molecule has 1 unspecified atom stereocenters. The van der Waals surface area contributed by atoms with Crippen molar-refractivity contribution in [1.82, 2.24) is 4.98 Å². The fraction of sp³-hybridized carbons (Fsp3) is 0.455. The van der Waals surface area contributed by atoms with Crippen LogP contribution in [0.5, 0.6) is 0 Å². The zero-order valence-electron chi connectivity index (χ0n) is 8.69. The lowest BCUT2D eigenvalue weighted by Gasteiger charge is -2.32. The van der Waals surface area contributed by atoms with E-state index in [1.165, 1.54) is 7.11 Å². The molecular formula is C11H14N2O2. The average Bonchev–Trinajstić information content (AvgIpc) is 2.28. The number of carbonyl (C=O) groups is 1. The van der Waals surface area contributed by atoms with Gasteiger partial charge in [0.1, 0.15) is 5.54 Å². The second-order valence-electron chi connectivity index (χ2n) is 3.85. The Morgan fingerprint density at radius 2 is 2.47 bits per heavy atom. The third-order valence-electron chi connectivity index (χ3n) is 2.95. The van der Waals surface area contributed by atoms with Crippen LogP contribution in [0, 0.1) is 0 Å². The minimum atomic E-state index is -0.981. The summed E-state index contributed by atoms with van der Waals surface area (Å²) in [6.07, 6.45) is 5.90. The van der Waals surface area contributed by atoms with Gasteiger partial charge in [-0.15, -0.1) is 0 Å². The van der Waals surface area contributed by atoms with Crippen molar-refractivity contribution in [2.75, 3.05) is 7.11 Å². The Bertz CT molecular complexity index is 392. The Morgan fingerprint density at radius 1 is 1.67 bits per heavy atom. The predicted octanol–water partition coefficient (Wildman–Crippen LogP) is 0.745. The van der Waals surface area contributed by atoms with Crippen LogP contribution in [-0.2, 0) is 21.5 Å². The number of ether oxygens (including phenoxy) is 1. The van der Waals surface area contributed by atoms with Crippen molar-refractivity contribution in [3.8, 4) is 0 Å². The molecule has 15 heavy (non-hydrogen) atoms. The molecule has 4 nitrogen and oxygen atoms in total. The van der Waals surface area contributed by atoms with Crippen LogP contribution in [0.1, 0.15) is 24.0 Å². The Hall–Kier alpha value is -1.42. The number of aromatic nitrogens is 1. The highest BCUT2D eigenvalue weighted by atomic mass is 16.5. The molecule has 80 valence electrons. The fourth-order valence-corrected chi connectivity index (χ4v) is 2.15. The molecule has 0 spiro atoms. The first kappa shape index (κ1) is 10.1. The van der Waals surface area contributed by atoms with Gasteiger partial charge in [-0.05, 0) is 36.5 Å². The Labute approximate surface area is 88.4 Å². The summed E-state index contributed by atoms with van der Waals surface area (Å²) in [5.74, 6) is -0.366. The Kier molecular flexibility index (Phi) is 2.44. The molecule has 1 heterocycles. The molecule has 0 aromatic carbocycles. The molecule has 1 aromatic rings. The molecule has 0 saturated carbocycles. The molecule has 2 N–H and O–H groups in total. The second kappa shape index (κ2) is 3.62. The van der Waals surface area contributed by atoms with Crippen LogP contribution in [0.4, 0.5) is 0 Å². The van der Waals surface area contributed by atoms with Crippen LogP contribution >= 0.6 is 0 Å². The van der Waals surface area contributed by atoms with Gasteiger partial charge in [0, 0.05) is 12.4 Å². The van der Waals surface area contributed by atoms with Gasteiger partial charge in [-0.2, -0.15) is 0 Å². The monoisotopic (exact) mass is 206 g/mol. The normalized spacial score (nSPS) is 24.4. The number of hydrogen-bond acceptors (Lipinski definition) is 4. The van der Waals surface area contributed by atoms with Gasteiger partial charge in [0.05, 0.1) is 7.11 Å². The molecular weight excluding hydrogens is 192 g/mol. The van der Waals surface area contributed by atoms with Crippen LogP contribution in [0.2, 0.25) is 0 Å². The van der Waals surface area contributed by atoms with Gasteiger partial charge in [-0.3, -0.25) is 4.98 Å². The molecule has 1 aliphatic rings. The maximum Gasteiger partial charge on any atom is 0.330 e. The minimum Gasteiger partial charge on any atom is -0.467 e. The largest absolute Gasteiger partial charge is 0.467 e. The van der Waals surface area contributed by atoms with Gasteiger partial charge >= 0.3 is 5.97 Å². The predicted molar refractivity (Wildman–Crippen MR) is 55.1 cm³/mol. The van der Waals surface area contributed by atoms with Crippen LogP contribution in [0.25, 0.3) is 0 Å². The number of hydrogen-bond donors (Lipinski definition) is 1. The SMILES string of the molecule is COC(=O)C1(N)CCCc2cnccc21. The maximum absolute atomic E-state index is 11.7. The third-order valence-corrected chi connectivity index (χ3v) is 2.95. The van der Waals surface area contributed by atoms with E-state index in [0.717, 1.165) is 24.0 Å². The summed E-state index contributed by atoms with van der Waals surface area (Å²) in [7, 11) is 1.37. The molecule has 2 rings (SSSR count). The highest BCUT2D eigenvalue weighted by Gasteiger charge is 2.40. The van der Waals surface area contributed by atoms with E-state index in [2.05, 4.69) is 4.98 Å². The maximum atomic E-state index is 11.7. The van der Waals surface area contributed by atoms with Crippen LogP contribution in [0.3, 0.4) is 0 Å². The first-order valence-corrected chi connectivity index (χ1v) is 4.99. The molecule has 0 aliphatic heterocycles. The van der Waals surface area contributed by atoms with Crippen molar-refractivity contribution in [2.45, 2.75) is 24.8 Å². The number of esters is 1. The molecule has 0 saturated heterocycles. The van der Waals surface area contributed by atoms with Crippen molar-refractivity contribution in [3.05, 3.63) is 29.6 Å². The fourth-order valence-electron chi connectivity index (χ4n) is 2.15. The molecule has 0 radical (unpaired) electrons. The molecule has 0 fully saturated rings. The first-order valence-electron chi connectivity index (χ1n) is 4.99. The van der Waals surface area contributed by atoms with E-state index in [9.17, 15) is 4.79 Å². The highest BCUT2D eigenvalue weighted by molar-refractivity contribution is 5.83. The molecule has 1 atom stereocenters. The zero-order chi connectivity index (χ0) is 10.9. The summed E-state index contributed by atoms with van der Waals surface area (Å²) in [6, 6.07) is 1.81. The first-order chi connectivity index (χ1) is 7.18. The molecule has 0 amide bonds. The van der Waals surface area contributed by atoms with Gasteiger partial charge in [0.15, 0.2) is 0 Å². The van der Waals surface area contributed by atoms with Crippen molar-refractivity contribution in [1.29, 1.82) is 0 Å². The Morgan fingerprint density at radius 3 is 3.20 bits per heavy atom. The lowest BCUT2D eigenvalue weighted by molar-refractivity contribution is -0.148. The van der Waals surface area contributed by atoms with Gasteiger partial charge < -0.3 is 10.5 Å². The molecule has 1 aromatic heterocycles. The number of pyridine rings is 1. The summed E-state index contributed by atoms with van der Waals surface area (Å²) in [4.78, 5) is 15.7. The number of nitrogens with zero attached hydrogens (tertiary/aromatic N) is 1. The lowest BCUT2D eigenvalue weighted by Crippen LogP contribution is -2.48. The third kappa shape index (κ3) is 1.51. The van der Waals surface area contributed by atoms with Crippen molar-refractivity contribution in [2.24, 2.45) is 5.73 Å². The second-order valence-corrected chi connectivity index (χ2v) is 3.85. The summed E-state index contributed by atoms with van der Waals surface area (Å²) in [5, 5.41) is 0. The van der Waals surface area contributed by atoms with E-state index in [-0.39, 0.29) is 5.97 Å². The molecule has 4 heteroatoms. The average molecular weight is 206 g/mol. The molecule has 1 aliphatic carbocycles. The number of fused-ring (bicyclic) bond motifs is 1. The van der Waals surface area contributed by atoms with Gasteiger partial charge in [-0.1, -0.05) is 0 Å². The van der Waals surface area contributed by atoms with Gasteiger partial charge in [0.2, 0.25) is 0 Å². The number of rotatable bonds is 1. The standard InChI is InChI=1S/C11H14N2O2/c1-15-10(14)11(12)5-2-3-8-7-13-6-4-9(8)11/h4,6-7H,2-3,5,12H2,1H3. The summed E-state index contributed by atoms with van der Waals surface area (Å²) >= 11 is 0. The van der Waals surface area contributed by atoms with Crippen molar-refractivity contribution >= 4 is 5.97 Å². The van der Waals surface area contributed by atoms with Gasteiger partial charge in [-0.25, -0.2) is 4.79 Å². The van der Waals surface area contributed by atoms with Crippen LogP contribution in [-0.4, -0.2) is 18.1 Å². The van der Waals surface area contributed by atoms with E-state index < -0.39 is 5.54 Å². The van der Waals surface area contributed by atoms with E-state index in [1.807, 2.05) is 6.07 Å². The quantitative estimate of drug-likeness (QED) is 0.688. The number of carbonyl (C=O) groups excluding carboxylic acids is 1. The summed E-state index contributed by atoms with van der Waals surface area (Å²) in [6.45, 7) is 0. The number of nitrogens with two attached hydrogens (primary N) is 1. The van der Waals surface area contributed by atoms with E-state index in [4.69, 9.17) is 10.5 Å². The zero-order valence-corrected chi connectivity index (χ0v) is 8.69. The molecule has 0 bridgehead atoms. The number of aryl methyl sites for hydroxylation is 1. The van der Waals surface area contributed by atoms with Crippen molar-refractivity contribution < 1.29 is 9.53 Å². The van der Waals surface area contributed by atoms with Crippen molar-refractivity contribution in [3.63, 3.8) is 0 Å². The van der Waals surface area contributed by atoms with E-state index in [1.54, 1.807) is 12.4 Å². The number of methoxy groups -OCH3 is 1. The lowest BCUT2D eigenvalue weighted by atomic mass is 9.78. The van der Waals surface area contributed by atoms with E-state index >= 15 is 0 Å². The summed E-state index contributed by atoms with van der Waals surface area (Å²) in [5.41, 5.74) is 7.05. The van der Waals surface area contributed by atoms with E-state index in [0.29, 0.717) is 6.42 Å². The topological polar surface area (TPSA) is 65.2 Å². The highest BCUT2D eigenvalue weighted by Crippen LogP contribution is 2.33. The van der Waals surface area contributed by atoms with Crippen LogP contribution < -0.4 is 5.73 Å².